The van der Waals surface area contributed by atoms with Gasteiger partial charge in [0.1, 0.15) is 6.10 Å². The van der Waals surface area contributed by atoms with Crippen LogP contribution in [0.25, 0.3) is 0 Å². The lowest BCUT2D eigenvalue weighted by molar-refractivity contribution is -0.146. The fourth-order valence-electron chi connectivity index (χ4n) is 3.86. The second-order valence-corrected chi connectivity index (χ2v) is 8.70. The first-order valence-electron chi connectivity index (χ1n) is 10.0. The third-order valence-corrected chi connectivity index (χ3v) is 5.83. The first-order chi connectivity index (χ1) is 13.3. The normalized spacial score (nSPS) is 22.1. The van der Waals surface area contributed by atoms with Crippen molar-refractivity contribution in [2.45, 2.75) is 65.8 Å². The molecule has 1 aromatic rings. The SMILES string of the molecule is Cc1ccc(C(=O)[C@@H](C[C@H](N)[C@@H]2C[C@@H](C(C)C)C(=O)O2)C(C)C)cc1C(F)(F)F. The second-order valence-electron chi connectivity index (χ2n) is 8.70. The summed E-state index contributed by atoms with van der Waals surface area (Å²) in [6.45, 7) is 8.93. The van der Waals surface area contributed by atoms with Crippen molar-refractivity contribution in [3.63, 3.8) is 0 Å². The molecule has 1 aliphatic heterocycles. The Bertz CT molecular complexity index is 758. The number of nitrogens with two attached hydrogens (primary N) is 1. The first kappa shape index (κ1) is 23.4. The highest BCUT2D eigenvalue weighted by atomic mass is 19.4. The maximum Gasteiger partial charge on any atom is 0.416 e. The van der Waals surface area contributed by atoms with Gasteiger partial charge < -0.3 is 10.5 Å². The van der Waals surface area contributed by atoms with Crippen LogP contribution in [0, 0.1) is 30.6 Å². The number of benzene rings is 1. The maximum atomic E-state index is 13.2. The molecule has 1 aliphatic rings. The Kier molecular flexibility index (Phi) is 7.14. The van der Waals surface area contributed by atoms with E-state index in [1.54, 1.807) is 0 Å². The molecule has 0 aliphatic carbocycles. The topological polar surface area (TPSA) is 69.4 Å². The summed E-state index contributed by atoms with van der Waals surface area (Å²) in [7, 11) is 0. The summed E-state index contributed by atoms with van der Waals surface area (Å²) in [4.78, 5) is 25.1. The second kappa shape index (κ2) is 8.86. The van der Waals surface area contributed by atoms with Crippen LogP contribution in [-0.2, 0) is 15.7 Å². The first-order valence-corrected chi connectivity index (χ1v) is 10.0. The number of esters is 1. The third kappa shape index (κ3) is 5.38. The Labute approximate surface area is 170 Å². The van der Waals surface area contributed by atoms with Gasteiger partial charge in [-0.05, 0) is 43.2 Å². The van der Waals surface area contributed by atoms with Gasteiger partial charge in [0.05, 0.1) is 11.5 Å². The molecule has 0 aromatic heterocycles. The summed E-state index contributed by atoms with van der Waals surface area (Å²) in [6.07, 6.45) is -4.25. The van der Waals surface area contributed by atoms with Gasteiger partial charge in [-0.1, -0.05) is 39.8 Å². The number of hydrogen-bond donors (Lipinski definition) is 1. The van der Waals surface area contributed by atoms with E-state index < -0.39 is 29.8 Å². The van der Waals surface area contributed by atoms with Crippen LogP contribution in [0.4, 0.5) is 13.2 Å². The number of alkyl halides is 3. The highest BCUT2D eigenvalue weighted by Gasteiger charge is 2.41. The van der Waals surface area contributed by atoms with Crippen molar-refractivity contribution in [3.8, 4) is 0 Å². The van der Waals surface area contributed by atoms with E-state index in [1.807, 2.05) is 27.7 Å². The molecule has 162 valence electrons. The number of cyclic esters (lactones) is 1. The van der Waals surface area contributed by atoms with Gasteiger partial charge in [0.15, 0.2) is 5.78 Å². The Morgan fingerprint density at radius 2 is 1.86 bits per heavy atom. The predicted octanol–water partition coefficient (Wildman–Crippen LogP) is 4.77. The zero-order chi connectivity index (χ0) is 22.1. The van der Waals surface area contributed by atoms with Crippen LogP contribution in [0.15, 0.2) is 18.2 Å². The third-order valence-electron chi connectivity index (χ3n) is 5.83. The predicted molar refractivity (Wildman–Crippen MR) is 104 cm³/mol. The van der Waals surface area contributed by atoms with Crippen molar-refractivity contribution in [1.29, 1.82) is 0 Å². The van der Waals surface area contributed by atoms with Crippen molar-refractivity contribution in [3.05, 3.63) is 34.9 Å². The molecule has 1 fully saturated rings. The minimum Gasteiger partial charge on any atom is -0.460 e. The summed E-state index contributed by atoms with van der Waals surface area (Å²) in [5.74, 6) is -1.42. The van der Waals surface area contributed by atoms with Crippen LogP contribution < -0.4 is 5.73 Å². The summed E-state index contributed by atoms with van der Waals surface area (Å²) in [5, 5.41) is 0. The molecule has 0 spiro atoms. The molecule has 1 aromatic carbocycles. The van der Waals surface area contributed by atoms with Crippen molar-refractivity contribution in [2.75, 3.05) is 0 Å². The molecule has 0 amide bonds. The molecule has 4 nitrogen and oxygen atoms in total. The van der Waals surface area contributed by atoms with Crippen LogP contribution in [0.2, 0.25) is 0 Å². The van der Waals surface area contributed by atoms with E-state index in [2.05, 4.69) is 0 Å². The lowest BCUT2D eigenvalue weighted by Crippen LogP contribution is -2.39. The summed E-state index contributed by atoms with van der Waals surface area (Å²) in [5.41, 5.74) is 5.56. The number of Topliss-reactive ketones (excluding diaryl/α,β-unsaturated/α-hetero) is 1. The van der Waals surface area contributed by atoms with Crippen molar-refractivity contribution in [2.24, 2.45) is 29.4 Å². The molecule has 0 bridgehead atoms. The zero-order valence-electron chi connectivity index (χ0n) is 17.5. The molecule has 2 N–H and O–H groups in total. The molecule has 4 atom stereocenters. The monoisotopic (exact) mass is 413 g/mol. The molecule has 0 saturated carbocycles. The molecule has 0 radical (unpaired) electrons. The quantitative estimate of drug-likeness (QED) is 0.516. The summed E-state index contributed by atoms with van der Waals surface area (Å²) >= 11 is 0. The molecular weight excluding hydrogens is 383 g/mol. The van der Waals surface area contributed by atoms with Gasteiger partial charge in [-0.2, -0.15) is 13.2 Å². The lowest BCUT2D eigenvalue weighted by Gasteiger charge is -2.26. The van der Waals surface area contributed by atoms with E-state index in [1.165, 1.54) is 19.1 Å². The minimum atomic E-state index is -4.52. The van der Waals surface area contributed by atoms with Crippen LogP contribution in [0.1, 0.15) is 62.0 Å². The molecule has 2 rings (SSSR count). The van der Waals surface area contributed by atoms with Crippen LogP contribution in [0.5, 0.6) is 0 Å². The molecule has 1 saturated heterocycles. The van der Waals surface area contributed by atoms with Gasteiger partial charge in [0.25, 0.3) is 0 Å². The van der Waals surface area contributed by atoms with Crippen LogP contribution in [-0.4, -0.2) is 23.9 Å². The van der Waals surface area contributed by atoms with Gasteiger partial charge in [-0.25, -0.2) is 0 Å². The van der Waals surface area contributed by atoms with Crippen molar-refractivity contribution < 1.29 is 27.5 Å². The number of rotatable bonds is 7. The lowest BCUT2D eigenvalue weighted by atomic mass is 9.80. The molecular formula is C22H30F3NO3. The number of ketones is 1. The van der Waals surface area contributed by atoms with E-state index in [0.717, 1.165) is 6.07 Å². The van der Waals surface area contributed by atoms with Gasteiger partial charge in [-0.15, -0.1) is 0 Å². The summed E-state index contributed by atoms with van der Waals surface area (Å²) < 4.78 is 45.1. The maximum absolute atomic E-state index is 13.2. The summed E-state index contributed by atoms with van der Waals surface area (Å²) in [6, 6.07) is 3.12. The number of halogens is 3. The smallest absolute Gasteiger partial charge is 0.416 e. The Morgan fingerprint density at radius 3 is 2.34 bits per heavy atom. The fraction of sp³-hybridized carbons (Fsp3) is 0.636. The van der Waals surface area contributed by atoms with E-state index >= 15 is 0 Å². The fourth-order valence-corrected chi connectivity index (χ4v) is 3.86. The number of carbonyl (C=O) groups is 2. The van der Waals surface area contributed by atoms with Crippen molar-refractivity contribution in [1.82, 2.24) is 0 Å². The molecule has 29 heavy (non-hydrogen) atoms. The Morgan fingerprint density at radius 1 is 1.24 bits per heavy atom. The average molecular weight is 413 g/mol. The Balaban J connectivity index is 2.20. The van der Waals surface area contributed by atoms with E-state index in [9.17, 15) is 22.8 Å². The van der Waals surface area contributed by atoms with E-state index in [-0.39, 0.29) is 47.1 Å². The van der Waals surface area contributed by atoms with Crippen molar-refractivity contribution >= 4 is 11.8 Å². The van der Waals surface area contributed by atoms with Gasteiger partial charge in [-0.3, -0.25) is 9.59 Å². The highest BCUT2D eigenvalue weighted by Crippen LogP contribution is 2.35. The largest absolute Gasteiger partial charge is 0.460 e. The van der Waals surface area contributed by atoms with Crippen LogP contribution >= 0.6 is 0 Å². The van der Waals surface area contributed by atoms with E-state index in [4.69, 9.17) is 10.5 Å². The Hall–Kier alpha value is -1.89. The number of aryl methyl sites for hydroxylation is 1. The van der Waals surface area contributed by atoms with Gasteiger partial charge in [0.2, 0.25) is 0 Å². The average Bonchev–Trinajstić information content (AvgIpc) is 3.00. The number of ether oxygens (including phenoxy) is 1. The molecule has 1 heterocycles. The standard InChI is InChI=1S/C22H30F3NO3/c1-11(2)15(9-18(26)19-10-16(12(3)4)21(28)29-19)20(27)14-7-6-13(5)17(8-14)22(23,24)25/h6-8,11-12,15-16,18-19H,9-10,26H2,1-5H3/t15-,16-,18-,19-/m0/s1. The van der Waals surface area contributed by atoms with Gasteiger partial charge >= 0.3 is 12.1 Å². The highest BCUT2D eigenvalue weighted by molar-refractivity contribution is 5.98. The molecule has 0 unspecified atom stereocenters. The number of hydrogen-bond acceptors (Lipinski definition) is 4. The van der Waals surface area contributed by atoms with E-state index in [0.29, 0.717) is 6.42 Å². The number of carbonyl (C=O) groups excluding carboxylic acids is 2. The minimum absolute atomic E-state index is 0.0253. The van der Waals surface area contributed by atoms with Gasteiger partial charge in [0, 0.05) is 17.5 Å². The molecule has 7 heteroatoms. The zero-order valence-corrected chi connectivity index (χ0v) is 17.5. The van der Waals surface area contributed by atoms with Crippen LogP contribution in [0.3, 0.4) is 0 Å².